The summed E-state index contributed by atoms with van der Waals surface area (Å²) in [6.07, 6.45) is 5.26. The van der Waals surface area contributed by atoms with Crippen molar-refractivity contribution in [3.8, 4) is 0 Å². The maximum absolute atomic E-state index is 3.51. The van der Waals surface area contributed by atoms with E-state index in [2.05, 4.69) is 62.3 Å². The highest BCUT2D eigenvalue weighted by Gasteiger charge is 2.26. The third kappa shape index (κ3) is 5.12. The van der Waals surface area contributed by atoms with Gasteiger partial charge in [-0.25, -0.2) is 0 Å². The first-order chi connectivity index (χ1) is 10.1. The first-order valence-electron chi connectivity index (χ1n) is 8.64. The predicted octanol–water partition coefficient (Wildman–Crippen LogP) is 4.02. The average molecular weight is 288 g/mol. The molecule has 1 atom stereocenters. The van der Waals surface area contributed by atoms with Crippen LogP contribution < -0.4 is 5.32 Å². The number of likely N-dealkylation sites (N-methyl/N-ethyl adjacent to an activating group) is 1. The molecular formula is C19H32N2. The van der Waals surface area contributed by atoms with Gasteiger partial charge < -0.3 is 5.32 Å². The summed E-state index contributed by atoms with van der Waals surface area (Å²) in [6.45, 7) is 9.25. The van der Waals surface area contributed by atoms with E-state index in [-0.39, 0.29) is 0 Å². The van der Waals surface area contributed by atoms with Crippen molar-refractivity contribution in [2.45, 2.75) is 58.5 Å². The van der Waals surface area contributed by atoms with Crippen molar-refractivity contribution in [3.63, 3.8) is 0 Å². The Hall–Kier alpha value is -0.860. The molecule has 0 aliphatic heterocycles. The Morgan fingerprint density at radius 1 is 1.19 bits per heavy atom. The molecule has 0 spiro atoms. The average Bonchev–Trinajstić information content (AvgIpc) is 3.28. The summed E-state index contributed by atoms with van der Waals surface area (Å²) in [5.41, 5.74) is 2.87. The van der Waals surface area contributed by atoms with Crippen LogP contribution in [0.25, 0.3) is 0 Å². The minimum atomic E-state index is 0.432. The minimum absolute atomic E-state index is 0.432. The van der Waals surface area contributed by atoms with Gasteiger partial charge in [0.05, 0.1) is 0 Å². The number of benzene rings is 1. The molecule has 0 saturated heterocycles. The first kappa shape index (κ1) is 16.5. The lowest BCUT2D eigenvalue weighted by Crippen LogP contribution is -2.39. The van der Waals surface area contributed by atoms with E-state index in [1.165, 1.54) is 43.4 Å². The Bertz CT molecular complexity index is 406. The van der Waals surface area contributed by atoms with Gasteiger partial charge in [-0.15, -0.1) is 0 Å². The maximum Gasteiger partial charge on any atom is 0.0446 e. The first-order valence-corrected chi connectivity index (χ1v) is 8.64. The lowest BCUT2D eigenvalue weighted by atomic mass is 10.0. The van der Waals surface area contributed by atoms with Gasteiger partial charge in [0.15, 0.2) is 0 Å². The van der Waals surface area contributed by atoms with Crippen molar-refractivity contribution in [1.29, 1.82) is 0 Å². The molecule has 1 aromatic rings. The topological polar surface area (TPSA) is 15.3 Å². The molecule has 1 saturated carbocycles. The smallest absolute Gasteiger partial charge is 0.0446 e. The number of hydrogen-bond acceptors (Lipinski definition) is 2. The van der Waals surface area contributed by atoms with Crippen LogP contribution in [-0.4, -0.2) is 31.1 Å². The summed E-state index contributed by atoms with van der Waals surface area (Å²) < 4.78 is 0. The molecule has 0 heterocycles. The van der Waals surface area contributed by atoms with E-state index in [1.807, 2.05) is 0 Å². The fraction of sp³-hybridized carbons (Fsp3) is 0.684. The number of nitrogens with zero attached hydrogens (tertiary/aromatic N) is 1. The molecule has 0 aromatic heterocycles. The molecular weight excluding hydrogens is 256 g/mol. The van der Waals surface area contributed by atoms with Crippen LogP contribution in [0.3, 0.4) is 0 Å². The van der Waals surface area contributed by atoms with Crippen LogP contribution in [0.1, 0.15) is 57.2 Å². The van der Waals surface area contributed by atoms with Crippen LogP contribution in [0.2, 0.25) is 0 Å². The zero-order chi connectivity index (χ0) is 15.2. The number of hydrogen-bond donors (Lipinski definition) is 1. The maximum atomic E-state index is 3.51. The fourth-order valence-electron chi connectivity index (χ4n) is 2.93. The highest BCUT2D eigenvalue weighted by molar-refractivity contribution is 5.25. The van der Waals surface area contributed by atoms with Gasteiger partial charge in [0.25, 0.3) is 0 Å². The molecule has 1 aromatic carbocycles. The predicted molar refractivity (Wildman–Crippen MR) is 91.7 cm³/mol. The highest BCUT2D eigenvalue weighted by Crippen LogP contribution is 2.31. The molecule has 1 aliphatic rings. The van der Waals surface area contributed by atoms with Crippen molar-refractivity contribution >= 4 is 0 Å². The van der Waals surface area contributed by atoms with Crippen LogP contribution in [0, 0.1) is 5.92 Å². The molecule has 21 heavy (non-hydrogen) atoms. The second-order valence-electron chi connectivity index (χ2n) is 6.82. The van der Waals surface area contributed by atoms with E-state index in [4.69, 9.17) is 0 Å². The van der Waals surface area contributed by atoms with Crippen molar-refractivity contribution < 1.29 is 0 Å². The van der Waals surface area contributed by atoms with Crippen molar-refractivity contribution in [1.82, 2.24) is 10.2 Å². The van der Waals surface area contributed by atoms with Gasteiger partial charge >= 0.3 is 0 Å². The Balaban J connectivity index is 1.99. The number of nitrogens with one attached hydrogen (secondary N) is 1. The molecule has 1 fully saturated rings. The Morgan fingerprint density at radius 2 is 1.86 bits per heavy atom. The van der Waals surface area contributed by atoms with Crippen LogP contribution in [0.4, 0.5) is 0 Å². The zero-order valence-corrected chi connectivity index (χ0v) is 14.2. The Morgan fingerprint density at radius 3 is 2.33 bits per heavy atom. The van der Waals surface area contributed by atoms with E-state index >= 15 is 0 Å². The largest absolute Gasteiger partial charge is 0.312 e. The third-order valence-corrected chi connectivity index (χ3v) is 4.61. The normalized spacial score (nSPS) is 16.7. The monoisotopic (exact) mass is 288 g/mol. The molecule has 118 valence electrons. The standard InChI is InChI=1S/C19H32N2/c1-5-6-16-9-11-18(12-10-16)19(20-4)14-21(15(2)3)13-17-7-8-17/h9-12,15,17,19-20H,5-8,13-14H2,1-4H3. The van der Waals surface area contributed by atoms with Gasteiger partial charge in [-0.1, -0.05) is 37.6 Å². The lowest BCUT2D eigenvalue weighted by molar-refractivity contribution is 0.192. The van der Waals surface area contributed by atoms with Crippen molar-refractivity contribution in [2.75, 3.05) is 20.1 Å². The molecule has 1 N–H and O–H groups in total. The summed E-state index contributed by atoms with van der Waals surface area (Å²) in [5, 5.41) is 3.51. The SMILES string of the molecule is CCCc1ccc(C(CN(CC2CC2)C(C)C)NC)cc1. The summed E-state index contributed by atoms with van der Waals surface area (Å²) in [6, 6.07) is 10.3. The molecule has 1 aliphatic carbocycles. The summed E-state index contributed by atoms with van der Waals surface area (Å²) >= 11 is 0. The van der Waals surface area contributed by atoms with Crippen LogP contribution in [0.15, 0.2) is 24.3 Å². The quantitative estimate of drug-likeness (QED) is 0.738. The summed E-state index contributed by atoms with van der Waals surface area (Å²) in [7, 11) is 2.08. The molecule has 1 unspecified atom stereocenters. The van der Waals surface area contributed by atoms with E-state index in [1.54, 1.807) is 0 Å². The van der Waals surface area contributed by atoms with Crippen molar-refractivity contribution in [2.24, 2.45) is 5.92 Å². The Kier molecular flexibility index (Phi) is 6.25. The second kappa shape index (κ2) is 7.95. The minimum Gasteiger partial charge on any atom is -0.312 e. The third-order valence-electron chi connectivity index (χ3n) is 4.61. The van der Waals surface area contributed by atoms with Gasteiger partial charge in [0, 0.05) is 25.2 Å². The molecule has 2 rings (SSSR count). The Labute approximate surface area is 130 Å². The number of aryl methyl sites for hydroxylation is 1. The molecule has 2 heteroatoms. The van der Waals surface area contributed by atoms with Crippen LogP contribution >= 0.6 is 0 Å². The molecule has 0 bridgehead atoms. The van der Waals surface area contributed by atoms with Crippen LogP contribution in [-0.2, 0) is 6.42 Å². The zero-order valence-electron chi connectivity index (χ0n) is 14.2. The van der Waals surface area contributed by atoms with Gasteiger partial charge in [-0.2, -0.15) is 0 Å². The van der Waals surface area contributed by atoms with Gasteiger partial charge in [0.2, 0.25) is 0 Å². The summed E-state index contributed by atoms with van der Waals surface area (Å²) in [5.74, 6) is 0.955. The van der Waals surface area contributed by atoms with Gasteiger partial charge in [0.1, 0.15) is 0 Å². The van der Waals surface area contributed by atoms with E-state index in [0.717, 1.165) is 12.5 Å². The fourth-order valence-corrected chi connectivity index (χ4v) is 2.93. The second-order valence-corrected chi connectivity index (χ2v) is 6.82. The lowest BCUT2D eigenvalue weighted by Gasteiger charge is -2.31. The van der Waals surface area contributed by atoms with E-state index < -0.39 is 0 Å². The van der Waals surface area contributed by atoms with Crippen LogP contribution in [0.5, 0.6) is 0 Å². The van der Waals surface area contributed by atoms with E-state index in [9.17, 15) is 0 Å². The number of rotatable bonds is 9. The van der Waals surface area contributed by atoms with Gasteiger partial charge in [-0.05, 0) is 57.2 Å². The summed E-state index contributed by atoms with van der Waals surface area (Å²) in [4.78, 5) is 2.64. The van der Waals surface area contributed by atoms with Gasteiger partial charge in [-0.3, -0.25) is 4.90 Å². The van der Waals surface area contributed by atoms with Crippen molar-refractivity contribution in [3.05, 3.63) is 35.4 Å². The highest BCUT2D eigenvalue weighted by atomic mass is 15.2. The van der Waals surface area contributed by atoms with E-state index in [0.29, 0.717) is 12.1 Å². The molecule has 0 amide bonds. The molecule has 2 nitrogen and oxygen atoms in total. The molecule has 0 radical (unpaired) electrons.